The molecular weight excluding hydrogens is 318 g/mol. The molecule has 1 amide bonds. The van der Waals surface area contributed by atoms with Crippen molar-refractivity contribution in [3.05, 3.63) is 30.1 Å². The summed E-state index contributed by atoms with van der Waals surface area (Å²) in [6.07, 6.45) is 2.73. The van der Waals surface area contributed by atoms with Gasteiger partial charge >= 0.3 is 0 Å². The summed E-state index contributed by atoms with van der Waals surface area (Å²) in [5.41, 5.74) is 1.48. The van der Waals surface area contributed by atoms with Crippen LogP contribution in [0.15, 0.2) is 24.3 Å². The van der Waals surface area contributed by atoms with Gasteiger partial charge in [0.25, 0.3) is 0 Å². The molecule has 2 saturated heterocycles. The molecule has 25 heavy (non-hydrogen) atoms. The summed E-state index contributed by atoms with van der Waals surface area (Å²) in [5.74, 6) is 0.959. The summed E-state index contributed by atoms with van der Waals surface area (Å²) in [6.45, 7) is 4.24. The van der Waals surface area contributed by atoms with Gasteiger partial charge in [0.15, 0.2) is 0 Å². The second-order valence-corrected chi connectivity index (χ2v) is 7.19. The van der Waals surface area contributed by atoms with E-state index in [9.17, 15) is 9.90 Å². The smallest absolute Gasteiger partial charge is 0.242 e. The zero-order valence-corrected chi connectivity index (χ0v) is 14.6. The summed E-state index contributed by atoms with van der Waals surface area (Å²) in [7, 11) is 0. The molecule has 1 aromatic heterocycles. The maximum atomic E-state index is 12.8. The molecular formula is C19H25N3O3. The molecule has 0 bridgehead atoms. The first-order valence-electron chi connectivity index (χ1n) is 9.11. The Hall–Kier alpha value is -1.92. The minimum absolute atomic E-state index is 0.103. The molecule has 2 aromatic rings. The number of amides is 1. The standard InChI is InChI=1S/C19H25N3O3/c1-14-20-15-5-2-3-6-16(15)22(14)13-18(24)21-10-8-19(9-11-21)17(23)7-4-12-25-19/h2-3,5-6,17,23H,4,7-13H2,1H3/t17-/m1/s1. The molecule has 1 N–H and O–H groups in total. The average Bonchev–Trinajstić information content (AvgIpc) is 2.94. The molecule has 0 radical (unpaired) electrons. The van der Waals surface area contributed by atoms with Crippen LogP contribution in [0.4, 0.5) is 0 Å². The Kier molecular flexibility index (Phi) is 4.25. The summed E-state index contributed by atoms with van der Waals surface area (Å²) < 4.78 is 7.91. The number of nitrogens with zero attached hydrogens (tertiary/aromatic N) is 3. The zero-order chi connectivity index (χ0) is 17.4. The van der Waals surface area contributed by atoms with Crippen LogP contribution >= 0.6 is 0 Å². The van der Waals surface area contributed by atoms with Crippen LogP contribution in [0.2, 0.25) is 0 Å². The van der Waals surface area contributed by atoms with Gasteiger partial charge < -0.3 is 19.3 Å². The fourth-order valence-electron chi connectivity index (χ4n) is 4.15. The number of aryl methyl sites for hydroxylation is 1. The molecule has 0 saturated carbocycles. The number of fused-ring (bicyclic) bond motifs is 1. The Balaban J connectivity index is 1.45. The van der Waals surface area contributed by atoms with E-state index in [0.29, 0.717) is 39.1 Å². The maximum Gasteiger partial charge on any atom is 0.242 e. The van der Waals surface area contributed by atoms with Gasteiger partial charge in [-0.3, -0.25) is 4.79 Å². The first-order chi connectivity index (χ1) is 12.1. The number of carbonyl (C=O) groups is 1. The van der Waals surface area contributed by atoms with E-state index in [0.717, 1.165) is 29.7 Å². The number of imidazole rings is 1. The third kappa shape index (κ3) is 2.93. The fraction of sp³-hybridized carbons (Fsp3) is 0.579. The first kappa shape index (κ1) is 16.5. The van der Waals surface area contributed by atoms with E-state index >= 15 is 0 Å². The SMILES string of the molecule is Cc1nc2ccccc2n1CC(=O)N1CCC2(CC1)OCCC[C@H]2O. The van der Waals surface area contributed by atoms with E-state index in [1.807, 2.05) is 40.7 Å². The Morgan fingerprint density at radius 3 is 2.88 bits per heavy atom. The average molecular weight is 343 g/mol. The van der Waals surface area contributed by atoms with Gasteiger partial charge in [-0.2, -0.15) is 0 Å². The second kappa shape index (κ2) is 6.42. The summed E-state index contributed by atoms with van der Waals surface area (Å²) in [6, 6.07) is 7.90. The summed E-state index contributed by atoms with van der Waals surface area (Å²) >= 11 is 0. The van der Waals surface area contributed by atoms with Gasteiger partial charge in [0, 0.05) is 19.7 Å². The normalized spacial score (nSPS) is 23.3. The molecule has 1 aromatic carbocycles. The summed E-state index contributed by atoms with van der Waals surface area (Å²) in [4.78, 5) is 19.2. The Bertz CT molecular complexity index is 777. The number of aromatic nitrogens is 2. The highest BCUT2D eigenvalue weighted by Crippen LogP contribution is 2.35. The Morgan fingerprint density at radius 1 is 1.36 bits per heavy atom. The third-order valence-electron chi connectivity index (χ3n) is 5.72. The van der Waals surface area contributed by atoms with Crippen molar-refractivity contribution in [3.8, 4) is 0 Å². The van der Waals surface area contributed by atoms with Crippen molar-refractivity contribution in [1.82, 2.24) is 14.5 Å². The topological polar surface area (TPSA) is 67.6 Å². The van der Waals surface area contributed by atoms with Crippen LogP contribution in [0.3, 0.4) is 0 Å². The number of likely N-dealkylation sites (tertiary alicyclic amines) is 1. The number of piperidine rings is 1. The second-order valence-electron chi connectivity index (χ2n) is 7.19. The first-order valence-corrected chi connectivity index (χ1v) is 9.11. The van der Waals surface area contributed by atoms with Gasteiger partial charge in [0.1, 0.15) is 12.4 Å². The highest BCUT2D eigenvalue weighted by Gasteiger charge is 2.44. The van der Waals surface area contributed by atoms with Crippen LogP contribution in [0.25, 0.3) is 11.0 Å². The van der Waals surface area contributed by atoms with Crippen LogP contribution in [0.1, 0.15) is 31.5 Å². The zero-order valence-electron chi connectivity index (χ0n) is 14.6. The number of rotatable bonds is 2. The van der Waals surface area contributed by atoms with E-state index < -0.39 is 11.7 Å². The minimum atomic E-state index is -0.438. The lowest BCUT2D eigenvalue weighted by molar-refractivity contribution is -0.179. The molecule has 2 aliphatic heterocycles. The molecule has 0 unspecified atom stereocenters. The van der Waals surface area contributed by atoms with Crippen LogP contribution in [0, 0.1) is 6.92 Å². The molecule has 134 valence electrons. The van der Waals surface area contributed by atoms with E-state index in [-0.39, 0.29) is 5.91 Å². The molecule has 0 aliphatic carbocycles. The number of aliphatic hydroxyl groups excluding tert-OH is 1. The molecule has 6 heteroatoms. The number of ether oxygens (including phenoxy) is 1. The van der Waals surface area contributed by atoms with Crippen LogP contribution in [-0.2, 0) is 16.1 Å². The number of hydrogen-bond donors (Lipinski definition) is 1. The monoisotopic (exact) mass is 343 g/mol. The molecule has 4 rings (SSSR count). The lowest BCUT2D eigenvalue weighted by Gasteiger charge is -2.46. The highest BCUT2D eigenvalue weighted by molar-refractivity contribution is 5.81. The van der Waals surface area contributed by atoms with Crippen molar-refractivity contribution in [3.63, 3.8) is 0 Å². The lowest BCUT2D eigenvalue weighted by atomic mass is 9.82. The third-order valence-corrected chi connectivity index (χ3v) is 5.72. The molecule has 6 nitrogen and oxygen atoms in total. The number of hydrogen-bond acceptors (Lipinski definition) is 4. The molecule has 3 heterocycles. The molecule has 2 fully saturated rings. The van der Waals surface area contributed by atoms with Crippen molar-refractivity contribution < 1.29 is 14.6 Å². The van der Waals surface area contributed by atoms with Crippen molar-refractivity contribution >= 4 is 16.9 Å². The molecule has 1 atom stereocenters. The summed E-state index contributed by atoms with van der Waals surface area (Å²) in [5, 5.41) is 10.3. The molecule has 1 spiro atoms. The predicted octanol–water partition coefficient (Wildman–Crippen LogP) is 1.88. The van der Waals surface area contributed by atoms with Gasteiger partial charge in [-0.15, -0.1) is 0 Å². The Morgan fingerprint density at radius 2 is 2.12 bits per heavy atom. The van der Waals surface area contributed by atoms with Crippen molar-refractivity contribution in [2.45, 2.75) is 50.9 Å². The van der Waals surface area contributed by atoms with E-state index in [2.05, 4.69) is 4.98 Å². The largest absolute Gasteiger partial charge is 0.390 e. The van der Waals surface area contributed by atoms with Crippen LogP contribution in [-0.4, -0.2) is 56.9 Å². The Labute approximate surface area is 147 Å². The van der Waals surface area contributed by atoms with E-state index in [1.54, 1.807) is 0 Å². The van der Waals surface area contributed by atoms with E-state index in [1.165, 1.54) is 0 Å². The van der Waals surface area contributed by atoms with Gasteiger partial charge in [-0.25, -0.2) is 4.98 Å². The quantitative estimate of drug-likeness (QED) is 0.904. The van der Waals surface area contributed by atoms with Gasteiger partial charge in [0.2, 0.25) is 5.91 Å². The lowest BCUT2D eigenvalue weighted by Crippen LogP contribution is -2.56. The van der Waals surface area contributed by atoms with Crippen molar-refractivity contribution in [2.75, 3.05) is 19.7 Å². The highest BCUT2D eigenvalue weighted by atomic mass is 16.5. The number of para-hydroxylation sites is 2. The van der Waals surface area contributed by atoms with Crippen LogP contribution in [0.5, 0.6) is 0 Å². The minimum Gasteiger partial charge on any atom is -0.390 e. The van der Waals surface area contributed by atoms with Crippen molar-refractivity contribution in [2.24, 2.45) is 0 Å². The van der Waals surface area contributed by atoms with Gasteiger partial charge in [-0.1, -0.05) is 12.1 Å². The number of carbonyl (C=O) groups excluding carboxylic acids is 1. The number of benzene rings is 1. The van der Waals surface area contributed by atoms with Gasteiger partial charge in [0.05, 0.1) is 22.7 Å². The fourth-order valence-corrected chi connectivity index (χ4v) is 4.15. The maximum absolute atomic E-state index is 12.8. The van der Waals surface area contributed by atoms with E-state index in [4.69, 9.17) is 4.74 Å². The number of aliphatic hydroxyl groups is 1. The predicted molar refractivity (Wildman–Crippen MR) is 94.2 cm³/mol. The van der Waals surface area contributed by atoms with Crippen LogP contribution < -0.4 is 0 Å². The van der Waals surface area contributed by atoms with Crippen molar-refractivity contribution in [1.29, 1.82) is 0 Å². The van der Waals surface area contributed by atoms with Gasteiger partial charge in [-0.05, 0) is 44.7 Å². The molecule has 2 aliphatic rings.